The van der Waals surface area contributed by atoms with E-state index in [0.29, 0.717) is 40.7 Å². The van der Waals surface area contributed by atoms with Crippen LogP contribution in [0.4, 0.5) is 10.5 Å². The van der Waals surface area contributed by atoms with Gasteiger partial charge < -0.3 is 18.5 Å². The van der Waals surface area contributed by atoms with E-state index in [4.69, 9.17) is 13.9 Å². The monoisotopic (exact) mass is 511 g/mol. The lowest BCUT2D eigenvalue weighted by Gasteiger charge is -2.30. The quantitative estimate of drug-likeness (QED) is 0.286. The van der Waals surface area contributed by atoms with Crippen LogP contribution in [0.3, 0.4) is 0 Å². The predicted octanol–water partition coefficient (Wildman–Crippen LogP) is 6.52. The van der Waals surface area contributed by atoms with Crippen LogP contribution in [0.5, 0.6) is 5.75 Å². The Labute approximate surface area is 220 Å². The van der Waals surface area contributed by atoms with Crippen molar-refractivity contribution < 1.29 is 18.7 Å². The first-order chi connectivity index (χ1) is 18.5. The van der Waals surface area contributed by atoms with Crippen LogP contribution in [0, 0.1) is 24.2 Å². The van der Waals surface area contributed by atoms with E-state index in [-0.39, 0.29) is 12.7 Å². The van der Waals surface area contributed by atoms with E-state index in [1.807, 2.05) is 49.4 Å². The lowest BCUT2D eigenvalue weighted by Crippen LogP contribution is -2.21. The Morgan fingerprint density at radius 1 is 1.18 bits per heavy atom. The lowest BCUT2D eigenvalue weighted by atomic mass is 9.92. The number of anilines is 1. The maximum atomic E-state index is 12.3. The van der Waals surface area contributed by atoms with E-state index in [2.05, 4.69) is 26.2 Å². The van der Waals surface area contributed by atoms with Gasteiger partial charge in [0.1, 0.15) is 17.9 Å². The molecule has 2 aromatic carbocycles. The number of carbonyl (C=O) groups excluding carboxylic acids is 1. The highest BCUT2D eigenvalue weighted by Gasteiger charge is 2.31. The van der Waals surface area contributed by atoms with Gasteiger partial charge in [0.05, 0.1) is 16.8 Å². The number of amides is 1. The average Bonchev–Trinajstić information content (AvgIpc) is 3.59. The van der Waals surface area contributed by atoms with Gasteiger partial charge in [-0.1, -0.05) is 12.1 Å². The minimum Gasteiger partial charge on any atom is -0.484 e. The van der Waals surface area contributed by atoms with Gasteiger partial charge in [0.2, 0.25) is 5.89 Å². The molecule has 2 saturated carbocycles. The third-order valence-corrected chi connectivity index (χ3v) is 7.44. The fourth-order valence-corrected chi connectivity index (χ4v) is 5.03. The standard InChI is InChI=1S/C29H29N5O4/c1-17(19-6-7-19)37-29(35)31-21-10-8-20(9-11-21)28-25(15-30)24-13-12-23(36-16-27-33-32-18(2)38-27)14-26(24)34(28)22-4-3-5-22/h8-14,17,19,22H,3-7,16H2,1-2H3,(H,31,35). The minimum absolute atomic E-state index is 0.0735. The van der Waals surface area contributed by atoms with Crippen molar-refractivity contribution in [1.29, 1.82) is 5.26 Å². The highest BCUT2D eigenvalue weighted by atomic mass is 16.6. The van der Waals surface area contributed by atoms with E-state index >= 15 is 0 Å². The molecule has 0 bridgehead atoms. The van der Waals surface area contributed by atoms with Crippen LogP contribution in [0.2, 0.25) is 0 Å². The van der Waals surface area contributed by atoms with Crippen molar-refractivity contribution in [3.05, 3.63) is 59.8 Å². The SMILES string of the molecule is Cc1nnc(COc2ccc3c(C#N)c(-c4ccc(NC(=O)OC(C)C5CC5)cc4)n(C4CCC4)c3c2)o1. The summed E-state index contributed by atoms with van der Waals surface area (Å²) < 4.78 is 19.1. The summed E-state index contributed by atoms with van der Waals surface area (Å²) in [4.78, 5) is 12.3. The summed E-state index contributed by atoms with van der Waals surface area (Å²) in [5.74, 6) is 2.05. The van der Waals surface area contributed by atoms with E-state index < -0.39 is 6.09 Å². The molecule has 2 heterocycles. The van der Waals surface area contributed by atoms with E-state index in [1.54, 1.807) is 6.92 Å². The Morgan fingerprint density at radius 2 is 1.97 bits per heavy atom. The average molecular weight is 512 g/mol. The summed E-state index contributed by atoms with van der Waals surface area (Å²) in [6, 6.07) is 16.1. The summed E-state index contributed by atoms with van der Waals surface area (Å²) >= 11 is 0. The van der Waals surface area contributed by atoms with Gasteiger partial charge in [-0.2, -0.15) is 5.26 Å². The zero-order valence-corrected chi connectivity index (χ0v) is 21.4. The summed E-state index contributed by atoms with van der Waals surface area (Å²) in [6.07, 6.45) is 4.98. The number of rotatable bonds is 8. The van der Waals surface area contributed by atoms with Gasteiger partial charge in [0.25, 0.3) is 5.89 Å². The van der Waals surface area contributed by atoms with Gasteiger partial charge in [-0.05, 0) is 74.8 Å². The van der Waals surface area contributed by atoms with Gasteiger partial charge in [0.15, 0.2) is 6.61 Å². The van der Waals surface area contributed by atoms with Crippen LogP contribution in [0.15, 0.2) is 46.9 Å². The molecule has 9 nitrogen and oxygen atoms in total. The second kappa shape index (κ2) is 9.86. The number of nitrogens with zero attached hydrogens (tertiary/aromatic N) is 4. The summed E-state index contributed by atoms with van der Waals surface area (Å²) in [5, 5.41) is 21.7. The Morgan fingerprint density at radius 3 is 2.61 bits per heavy atom. The Balaban J connectivity index is 1.30. The number of fused-ring (bicyclic) bond motifs is 1. The number of hydrogen-bond acceptors (Lipinski definition) is 7. The van der Waals surface area contributed by atoms with Crippen molar-refractivity contribution in [2.75, 3.05) is 5.32 Å². The maximum Gasteiger partial charge on any atom is 0.411 e. The van der Waals surface area contributed by atoms with E-state index in [1.165, 1.54) is 0 Å². The van der Waals surface area contributed by atoms with Crippen molar-refractivity contribution in [1.82, 2.24) is 14.8 Å². The van der Waals surface area contributed by atoms with Gasteiger partial charge >= 0.3 is 6.09 Å². The normalized spacial score (nSPS) is 16.0. The number of aryl methyl sites for hydroxylation is 1. The molecule has 0 spiro atoms. The van der Waals surface area contributed by atoms with Crippen molar-refractivity contribution in [3.63, 3.8) is 0 Å². The first kappa shape index (κ1) is 24.0. The molecular formula is C29H29N5O4. The lowest BCUT2D eigenvalue weighted by molar-refractivity contribution is 0.108. The molecule has 9 heteroatoms. The smallest absolute Gasteiger partial charge is 0.411 e. The Bertz CT molecular complexity index is 1520. The van der Waals surface area contributed by atoms with E-state index in [0.717, 1.165) is 54.3 Å². The molecule has 4 aromatic rings. The fourth-order valence-electron chi connectivity index (χ4n) is 5.03. The number of ether oxygens (including phenoxy) is 2. The summed E-state index contributed by atoms with van der Waals surface area (Å²) in [6.45, 7) is 3.85. The summed E-state index contributed by atoms with van der Waals surface area (Å²) in [7, 11) is 0. The molecule has 6 rings (SSSR count). The molecule has 1 unspecified atom stereocenters. The molecule has 0 aliphatic heterocycles. The van der Waals surface area contributed by atoms with Crippen molar-refractivity contribution in [3.8, 4) is 23.1 Å². The molecule has 0 saturated heterocycles. The fraction of sp³-hybridized carbons (Fsp3) is 0.379. The van der Waals surface area contributed by atoms with Gasteiger partial charge in [0, 0.05) is 30.1 Å². The molecule has 0 radical (unpaired) electrons. The molecule has 2 aliphatic rings. The zero-order valence-electron chi connectivity index (χ0n) is 21.4. The van der Waals surface area contributed by atoms with Crippen molar-refractivity contribution >= 4 is 22.7 Å². The number of benzene rings is 2. The first-order valence-electron chi connectivity index (χ1n) is 13.1. The Hall–Kier alpha value is -4.32. The first-order valence-corrected chi connectivity index (χ1v) is 13.1. The third kappa shape index (κ3) is 4.70. The maximum absolute atomic E-state index is 12.3. The van der Waals surface area contributed by atoms with Crippen LogP contribution >= 0.6 is 0 Å². The second-order valence-electron chi connectivity index (χ2n) is 10.1. The van der Waals surface area contributed by atoms with Crippen LogP contribution < -0.4 is 10.1 Å². The number of carbonyl (C=O) groups is 1. The molecule has 194 valence electrons. The van der Waals surface area contributed by atoms with Crippen LogP contribution in [0.1, 0.15) is 62.4 Å². The molecule has 1 N–H and O–H groups in total. The van der Waals surface area contributed by atoms with Crippen molar-refractivity contribution in [2.45, 2.75) is 64.7 Å². The second-order valence-corrected chi connectivity index (χ2v) is 10.1. The Kier molecular flexibility index (Phi) is 6.24. The molecular weight excluding hydrogens is 482 g/mol. The highest BCUT2D eigenvalue weighted by molar-refractivity contribution is 5.96. The van der Waals surface area contributed by atoms with Crippen LogP contribution in [-0.4, -0.2) is 27.0 Å². The minimum atomic E-state index is -0.443. The third-order valence-electron chi connectivity index (χ3n) is 7.44. The van der Waals surface area contributed by atoms with Crippen LogP contribution in [0.25, 0.3) is 22.2 Å². The largest absolute Gasteiger partial charge is 0.484 e. The number of aromatic nitrogens is 3. The van der Waals surface area contributed by atoms with E-state index in [9.17, 15) is 10.1 Å². The predicted molar refractivity (Wildman–Crippen MR) is 141 cm³/mol. The molecule has 2 aliphatic carbocycles. The van der Waals surface area contributed by atoms with Gasteiger partial charge in [-0.25, -0.2) is 4.79 Å². The molecule has 38 heavy (non-hydrogen) atoms. The van der Waals surface area contributed by atoms with Gasteiger partial charge in [-0.3, -0.25) is 5.32 Å². The molecule has 2 fully saturated rings. The number of hydrogen-bond donors (Lipinski definition) is 1. The van der Waals surface area contributed by atoms with Crippen molar-refractivity contribution in [2.24, 2.45) is 5.92 Å². The summed E-state index contributed by atoms with van der Waals surface area (Å²) in [5.41, 5.74) is 4.04. The van der Waals surface area contributed by atoms with Gasteiger partial charge in [-0.15, -0.1) is 10.2 Å². The number of nitriles is 1. The molecule has 2 aromatic heterocycles. The number of nitrogens with one attached hydrogen (secondary N) is 1. The molecule has 1 amide bonds. The topological polar surface area (TPSA) is 115 Å². The van der Waals surface area contributed by atoms with Crippen LogP contribution in [-0.2, 0) is 11.3 Å². The zero-order chi connectivity index (χ0) is 26.2. The molecule has 1 atom stereocenters. The highest BCUT2D eigenvalue weighted by Crippen LogP contribution is 2.43.